The Hall–Kier alpha value is -2.39. The first-order chi connectivity index (χ1) is 14.3. The van der Waals surface area contributed by atoms with Crippen molar-refractivity contribution in [3.05, 3.63) is 53.6 Å². The Balaban J connectivity index is 1.47. The summed E-state index contributed by atoms with van der Waals surface area (Å²) < 4.78 is 53.8. The summed E-state index contributed by atoms with van der Waals surface area (Å²) in [5, 5.41) is 2.95. The van der Waals surface area contributed by atoms with Crippen molar-refractivity contribution in [2.45, 2.75) is 28.7 Å². The molecule has 1 fully saturated rings. The summed E-state index contributed by atoms with van der Waals surface area (Å²) in [7, 11) is 0. The Kier molecular flexibility index (Phi) is 5.84. The van der Waals surface area contributed by atoms with Crippen LogP contribution < -0.4 is 14.8 Å². The van der Waals surface area contributed by atoms with Crippen molar-refractivity contribution in [3.8, 4) is 11.5 Å². The van der Waals surface area contributed by atoms with E-state index in [-0.39, 0.29) is 34.8 Å². The lowest BCUT2D eigenvalue weighted by Gasteiger charge is -2.38. The number of carbonyl (C=O) groups is 1. The van der Waals surface area contributed by atoms with Gasteiger partial charge in [-0.1, -0.05) is 6.07 Å². The highest BCUT2D eigenvalue weighted by molar-refractivity contribution is 8.00. The molecule has 0 unspecified atom stereocenters. The van der Waals surface area contributed by atoms with Gasteiger partial charge in [-0.2, -0.15) is 13.2 Å². The van der Waals surface area contributed by atoms with Crippen molar-refractivity contribution in [2.75, 3.05) is 26.6 Å². The summed E-state index contributed by atoms with van der Waals surface area (Å²) in [6.45, 7) is 1.73. The molecular weight excluding hydrogens is 419 g/mol. The molecule has 2 aromatic carbocycles. The molecule has 160 valence electrons. The van der Waals surface area contributed by atoms with Crippen LogP contribution in [0.5, 0.6) is 11.5 Å². The van der Waals surface area contributed by atoms with E-state index in [9.17, 15) is 18.0 Å². The average Bonchev–Trinajstić information content (AvgIpc) is 3.20. The summed E-state index contributed by atoms with van der Waals surface area (Å²) in [4.78, 5) is 12.7. The molecule has 0 atom stereocenters. The third-order valence-corrected chi connectivity index (χ3v) is 6.11. The number of amides is 1. The van der Waals surface area contributed by atoms with Crippen molar-refractivity contribution in [1.82, 2.24) is 5.32 Å². The number of nitrogens with one attached hydrogen (secondary N) is 1. The molecule has 30 heavy (non-hydrogen) atoms. The lowest BCUT2D eigenvalue weighted by Crippen LogP contribution is -2.44. The molecule has 0 spiro atoms. The number of thioether (sulfide) groups is 1. The minimum Gasteiger partial charge on any atom is -0.454 e. The van der Waals surface area contributed by atoms with Crippen molar-refractivity contribution >= 4 is 17.7 Å². The van der Waals surface area contributed by atoms with Gasteiger partial charge in [-0.15, -0.1) is 0 Å². The highest BCUT2D eigenvalue weighted by atomic mass is 32.2. The van der Waals surface area contributed by atoms with Crippen LogP contribution in [0.25, 0.3) is 0 Å². The van der Waals surface area contributed by atoms with Gasteiger partial charge < -0.3 is 19.5 Å². The number of halogens is 3. The van der Waals surface area contributed by atoms with E-state index in [1.54, 1.807) is 0 Å². The Morgan fingerprint density at radius 1 is 1.03 bits per heavy atom. The number of ether oxygens (including phenoxy) is 3. The highest BCUT2D eigenvalue weighted by Crippen LogP contribution is 2.41. The Morgan fingerprint density at radius 3 is 2.43 bits per heavy atom. The fourth-order valence-corrected chi connectivity index (χ4v) is 4.26. The number of hydrogen-bond donors (Lipinski definition) is 1. The van der Waals surface area contributed by atoms with E-state index in [0.29, 0.717) is 36.8 Å². The second kappa shape index (κ2) is 8.39. The zero-order chi connectivity index (χ0) is 21.2. The quantitative estimate of drug-likeness (QED) is 0.695. The summed E-state index contributed by atoms with van der Waals surface area (Å²) in [5.74, 6) is 1.05. The molecule has 0 saturated carbocycles. The largest absolute Gasteiger partial charge is 0.454 e. The molecule has 2 aliphatic rings. The van der Waals surface area contributed by atoms with E-state index in [2.05, 4.69) is 5.32 Å². The molecule has 1 N–H and O–H groups in total. The molecule has 4 rings (SSSR count). The Labute approximate surface area is 175 Å². The number of benzene rings is 2. The van der Waals surface area contributed by atoms with Crippen molar-refractivity contribution < 1.29 is 32.2 Å². The second-order valence-corrected chi connectivity index (χ2v) is 8.35. The first kappa shape index (κ1) is 20.9. The first-order valence-corrected chi connectivity index (χ1v) is 10.3. The van der Waals surface area contributed by atoms with E-state index in [1.807, 2.05) is 18.2 Å². The number of alkyl halides is 3. The molecule has 1 amide bonds. The minimum atomic E-state index is -4.36. The molecule has 0 aliphatic carbocycles. The van der Waals surface area contributed by atoms with Crippen LogP contribution >= 0.6 is 11.8 Å². The van der Waals surface area contributed by atoms with Crippen LogP contribution in [0, 0.1) is 0 Å². The second-order valence-electron chi connectivity index (χ2n) is 7.22. The molecule has 2 aliphatic heterocycles. The third kappa shape index (κ3) is 4.67. The lowest BCUT2D eigenvalue weighted by molar-refractivity contribution is -0.0328. The molecule has 2 aromatic rings. The molecule has 9 heteroatoms. The molecule has 2 heterocycles. The predicted octanol–water partition coefficient (Wildman–Crippen LogP) is 4.51. The molecule has 0 bridgehead atoms. The molecular formula is C21H20F3NO4S. The van der Waals surface area contributed by atoms with Gasteiger partial charge in [-0.05, 0) is 66.6 Å². The third-order valence-electron chi connectivity index (χ3n) is 5.37. The van der Waals surface area contributed by atoms with Crippen molar-refractivity contribution in [2.24, 2.45) is 0 Å². The van der Waals surface area contributed by atoms with Crippen LogP contribution in [0.2, 0.25) is 0 Å². The van der Waals surface area contributed by atoms with E-state index >= 15 is 0 Å². The van der Waals surface area contributed by atoms with Crippen molar-refractivity contribution in [3.63, 3.8) is 0 Å². The number of hydrogen-bond acceptors (Lipinski definition) is 5. The van der Waals surface area contributed by atoms with Gasteiger partial charge in [0.25, 0.3) is 5.91 Å². The normalized spacial score (nSPS) is 17.6. The standard InChI is InChI=1S/C21H20F3NO4S/c22-21(23,24)30-16-4-1-14(2-5-16)19(26)25-12-20(7-9-27-10-8-20)15-3-6-17-18(11-15)29-13-28-17/h1-6,11H,7-10,12-13H2,(H,25,26). The maximum absolute atomic E-state index is 12.6. The fraction of sp³-hybridized carbons (Fsp3) is 0.381. The van der Waals surface area contributed by atoms with Gasteiger partial charge in [0.2, 0.25) is 6.79 Å². The number of fused-ring (bicyclic) bond motifs is 1. The fourth-order valence-electron chi connectivity index (χ4n) is 3.72. The van der Waals surface area contributed by atoms with Gasteiger partial charge in [0.1, 0.15) is 0 Å². The zero-order valence-corrected chi connectivity index (χ0v) is 16.8. The maximum Gasteiger partial charge on any atom is 0.446 e. The summed E-state index contributed by atoms with van der Waals surface area (Å²) in [6, 6.07) is 11.2. The highest BCUT2D eigenvalue weighted by Gasteiger charge is 2.36. The van der Waals surface area contributed by atoms with Gasteiger partial charge in [-0.25, -0.2) is 0 Å². The van der Waals surface area contributed by atoms with Gasteiger partial charge in [0.15, 0.2) is 11.5 Å². The van der Waals surface area contributed by atoms with Crippen LogP contribution in [0.1, 0.15) is 28.8 Å². The van der Waals surface area contributed by atoms with Crippen LogP contribution in [0.3, 0.4) is 0 Å². The van der Waals surface area contributed by atoms with Crippen LogP contribution in [-0.4, -0.2) is 38.0 Å². The number of carbonyl (C=O) groups excluding carboxylic acids is 1. The smallest absolute Gasteiger partial charge is 0.446 e. The van der Waals surface area contributed by atoms with Crippen LogP contribution in [-0.2, 0) is 10.2 Å². The number of rotatable bonds is 5. The lowest BCUT2D eigenvalue weighted by atomic mass is 9.74. The monoisotopic (exact) mass is 439 g/mol. The summed E-state index contributed by atoms with van der Waals surface area (Å²) in [5.41, 5.74) is -3.33. The summed E-state index contributed by atoms with van der Waals surface area (Å²) in [6.07, 6.45) is 1.46. The molecule has 0 radical (unpaired) electrons. The predicted molar refractivity (Wildman–Crippen MR) is 105 cm³/mol. The van der Waals surface area contributed by atoms with Crippen molar-refractivity contribution in [1.29, 1.82) is 0 Å². The van der Waals surface area contributed by atoms with Gasteiger partial charge >= 0.3 is 5.51 Å². The molecule has 1 saturated heterocycles. The van der Waals surface area contributed by atoms with Crippen LogP contribution in [0.4, 0.5) is 13.2 Å². The summed E-state index contributed by atoms with van der Waals surface area (Å²) >= 11 is -0.204. The van der Waals surface area contributed by atoms with E-state index in [1.165, 1.54) is 24.3 Å². The average molecular weight is 439 g/mol. The molecule has 0 aromatic heterocycles. The topological polar surface area (TPSA) is 56.8 Å². The SMILES string of the molecule is O=C(NCC1(c2ccc3c(c2)OCO3)CCOCC1)c1ccc(SC(F)(F)F)cc1. The van der Waals surface area contributed by atoms with Gasteiger partial charge in [0, 0.05) is 35.6 Å². The van der Waals surface area contributed by atoms with E-state index < -0.39 is 5.51 Å². The van der Waals surface area contributed by atoms with Gasteiger partial charge in [0.05, 0.1) is 0 Å². The van der Waals surface area contributed by atoms with Gasteiger partial charge in [-0.3, -0.25) is 4.79 Å². The minimum absolute atomic E-state index is 0.0420. The first-order valence-electron chi connectivity index (χ1n) is 9.47. The maximum atomic E-state index is 12.6. The Morgan fingerprint density at radius 2 is 1.73 bits per heavy atom. The Bertz CT molecular complexity index is 911. The van der Waals surface area contributed by atoms with E-state index in [4.69, 9.17) is 14.2 Å². The van der Waals surface area contributed by atoms with E-state index in [0.717, 1.165) is 18.4 Å². The van der Waals surface area contributed by atoms with Crippen LogP contribution in [0.15, 0.2) is 47.4 Å². The zero-order valence-electron chi connectivity index (χ0n) is 16.0. The molecule has 5 nitrogen and oxygen atoms in total.